The summed E-state index contributed by atoms with van der Waals surface area (Å²) < 4.78 is 4.92. The summed E-state index contributed by atoms with van der Waals surface area (Å²) in [4.78, 5) is 13.5. The van der Waals surface area contributed by atoms with Gasteiger partial charge in [0, 0.05) is 13.1 Å². The first-order valence-corrected chi connectivity index (χ1v) is 7.28. The number of hydrogen-bond donors (Lipinski definition) is 1. The second-order valence-corrected chi connectivity index (χ2v) is 4.70. The second kappa shape index (κ2) is 9.50. The Morgan fingerprint density at radius 2 is 1.95 bits per heavy atom. The second-order valence-electron chi connectivity index (χ2n) is 4.70. The molecule has 112 valence electrons. The lowest BCUT2D eigenvalue weighted by atomic mass is 10.1. The van der Waals surface area contributed by atoms with Crippen molar-refractivity contribution in [1.29, 1.82) is 0 Å². The molecule has 1 rings (SSSR count). The highest BCUT2D eigenvalue weighted by atomic mass is 16.5. The van der Waals surface area contributed by atoms with Crippen LogP contribution >= 0.6 is 0 Å². The molecule has 0 radical (unpaired) electrons. The summed E-state index contributed by atoms with van der Waals surface area (Å²) in [5.41, 5.74) is 0.939. The van der Waals surface area contributed by atoms with Crippen LogP contribution in [0.5, 0.6) is 0 Å². The van der Waals surface area contributed by atoms with E-state index in [9.17, 15) is 9.90 Å². The molecule has 0 aliphatic heterocycles. The van der Waals surface area contributed by atoms with Gasteiger partial charge in [-0.1, -0.05) is 37.3 Å². The minimum absolute atomic E-state index is 0.158. The molecule has 0 bridgehead atoms. The highest BCUT2D eigenvalue weighted by Gasteiger charge is 2.11. The molecule has 0 amide bonds. The van der Waals surface area contributed by atoms with Crippen molar-refractivity contribution in [1.82, 2.24) is 4.90 Å². The number of rotatable bonds is 9. The van der Waals surface area contributed by atoms with E-state index in [1.54, 1.807) is 0 Å². The minimum atomic E-state index is -0.451. The van der Waals surface area contributed by atoms with Crippen LogP contribution in [0.25, 0.3) is 0 Å². The van der Waals surface area contributed by atoms with Crippen LogP contribution in [0.1, 0.15) is 38.4 Å². The third kappa shape index (κ3) is 6.17. The highest BCUT2D eigenvalue weighted by Crippen LogP contribution is 2.16. The Hall–Kier alpha value is -1.39. The van der Waals surface area contributed by atoms with Crippen molar-refractivity contribution in [2.45, 2.75) is 32.8 Å². The summed E-state index contributed by atoms with van der Waals surface area (Å²) in [6.45, 7) is 6.60. The number of aliphatic hydroxyl groups is 1. The Kier molecular flexibility index (Phi) is 7.92. The normalized spacial score (nSPS) is 12.4. The Bertz CT molecular complexity index is 381. The third-order valence-corrected chi connectivity index (χ3v) is 3.29. The molecule has 4 nitrogen and oxygen atoms in total. The Morgan fingerprint density at radius 1 is 1.25 bits per heavy atom. The summed E-state index contributed by atoms with van der Waals surface area (Å²) in [5, 5.41) is 10.1. The zero-order chi connectivity index (χ0) is 14.8. The molecule has 1 aromatic rings. The number of hydrogen-bond acceptors (Lipinski definition) is 4. The van der Waals surface area contributed by atoms with Gasteiger partial charge in [0.2, 0.25) is 0 Å². The number of carbonyl (C=O) groups is 1. The summed E-state index contributed by atoms with van der Waals surface area (Å²) in [7, 11) is 0. The first kappa shape index (κ1) is 16.7. The molecule has 1 unspecified atom stereocenters. The first-order valence-electron chi connectivity index (χ1n) is 7.28. The molecular weight excluding hydrogens is 254 g/mol. The maximum atomic E-state index is 11.3. The molecular formula is C16H25NO3. The van der Waals surface area contributed by atoms with Gasteiger partial charge in [-0.2, -0.15) is 0 Å². The summed E-state index contributed by atoms with van der Waals surface area (Å²) >= 11 is 0. The number of aliphatic hydroxyl groups excluding tert-OH is 1. The number of esters is 1. The fraction of sp³-hybridized carbons (Fsp3) is 0.562. The van der Waals surface area contributed by atoms with Crippen molar-refractivity contribution in [3.05, 3.63) is 35.9 Å². The lowest BCUT2D eigenvalue weighted by Crippen LogP contribution is -2.28. The van der Waals surface area contributed by atoms with Crippen molar-refractivity contribution in [3.8, 4) is 0 Å². The van der Waals surface area contributed by atoms with Crippen LogP contribution in [0.4, 0.5) is 0 Å². The standard InChI is InChI=1S/C16H25NO3/c1-3-17(13-11-16(19)20-4-2)12-10-15(18)14-8-6-5-7-9-14/h5-9,15,18H,3-4,10-13H2,1-2H3. The van der Waals surface area contributed by atoms with Gasteiger partial charge in [0.25, 0.3) is 0 Å². The molecule has 0 aromatic heterocycles. The summed E-state index contributed by atoms with van der Waals surface area (Å²) in [6.07, 6.45) is 0.622. The molecule has 1 N–H and O–H groups in total. The van der Waals surface area contributed by atoms with E-state index >= 15 is 0 Å². The van der Waals surface area contributed by atoms with E-state index in [1.165, 1.54) is 0 Å². The fourth-order valence-corrected chi connectivity index (χ4v) is 2.06. The van der Waals surface area contributed by atoms with Crippen LogP contribution in [0.3, 0.4) is 0 Å². The SMILES string of the molecule is CCOC(=O)CCN(CC)CCC(O)c1ccccc1. The lowest BCUT2D eigenvalue weighted by molar-refractivity contribution is -0.143. The van der Waals surface area contributed by atoms with E-state index in [0.717, 1.165) is 18.7 Å². The van der Waals surface area contributed by atoms with Crippen LogP contribution in [0, 0.1) is 0 Å². The van der Waals surface area contributed by atoms with Crippen LogP contribution in [-0.4, -0.2) is 42.2 Å². The van der Waals surface area contributed by atoms with Gasteiger partial charge in [-0.3, -0.25) is 4.79 Å². The molecule has 0 saturated heterocycles. The maximum absolute atomic E-state index is 11.3. The van der Waals surface area contributed by atoms with Crippen molar-refractivity contribution in [2.75, 3.05) is 26.2 Å². The van der Waals surface area contributed by atoms with Gasteiger partial charge in [0.15, 0.2) is 0 Å². The largest absolute Gasteiger partial charge is 0.466 e. The van der Waals surface area contributed by atoms with E-state index in [0.29, 0.717) is 26.0 Å². The van der Waals surface area contributed by atoms with Gasteiger partial charge in [-0.25, -0.2) is 0 Å². The summed E-state index contributed by atoms with van der Waals surface area (Å²) in [6, 6.07) is 9.65. The van der Waals surface area contributed by atoms with Gasteiger partial charge >= 0.3 is 5.97 Å². The predicted molar refractivity (Wildman–Crippen MR) is 79.4 cm³/mol. The molecule has 0 aliphatic carbocycles. The maximum Gasteiger partial charge on any atom is 0.307 e. The van der Waals surface area contributed by atoms with Gasteiger partial charge in [-0.05, 0) is 25.5 Å². The van der Waals surface area contributed by atoms with E-state index in [-0.39, 0.29) is 5.97 Å². The molecule has 0 fully saturated rings. The van der Waals surface area contributed by atoms with Crippen LogP contribution in [-0.2, 0) is 9.53 Å². The van der Waals surface area contributed by atoms with Crippen LogP contribution in [0.15, 0.2) is 30.3 Å². The Labute approximate surface area is 121 Å². The number of ether oxygens (including phenoxy) is 1. The zero-order valence-electron chi connectivity index (χ0n) is 12.4. The molecule has 0 spiro atoms. The molecule has 1 aromatic carbocycles. The average molecular weight is 279 g/mol. The molecule has 4 heteroatoms. The predicted octanol–water partition coefficient (Wildman–Crippen LogP) is 2.39. The van der Waals surface area contributed by atoms with Crippen molar-refractivity contribution >= 4 is 5.97 Å². The van der Waals surface area contributed by atoms with Gasteiger partial charge in [0.1, 0.15) is 0 Å². The van der Waals surface area contributed by atoms with E-state index in [2.05, 4.69) is 11.8 Å². The molecule has 0 heterocycles. The third-order valence-electron chi connectivity index (χ3n) is 3.29. The first-order chi connectivity index (χ1) is 9.67. The topological polar surface area (TPSA) is 49.8 Å². The Balaban J connectivity index is 2.32. The van der Waals surface area contributed by atoms with Crippen LogP contribution in [0.2, 0.25) is 0 Å². The van der Waals surface area contributed by atoms with Gasteiger partial charge in [0.05, 0.1) is 19.1 Å². The monoisotopic (exact) mass is 279 g/mol. The molecule has 0 saturated carbocycles. The summed E-state index contributed by atoms with van der Waals surface area (Å²) in [5.74, 6) is -0.158. The number of carbonyl (C=O) groups excluding carboxylic acids is 1. The van der Waals surface area contributed by atoms with Crippen molar-refractivity contribution in [2.24, 2.45) is 0 Å². The van der Waals surface area contributed by atoms with Gasteiger partial charge in [-0.15, -0.1) is 0 Å². The van der Waals surface area contributed by atoms with Crippen molar-refractivity contribution in [3.63, 3.8) is 0 Å². The smallest absolute Gasteiger partial charge is 0.307 e. The molecule has 0 aliphatic rings. The quantitative estimate of drug-likeness (QED) is 0.705. The van der Waals surface area contributed by atoms with Crippen molar-refractivity contribution < 1.29 is 14.6 Å². The number of benzene rings is 1. The zero-order valence-corrected chi connectivity index (χ0v) is 12.4. The van der Waals surface area contributed by atoms with E-state index < -0.39 is 6.10 Å². The molecule has 1 atom stereocenters. The van der Waals surface area contributed by atoms with Crippen LogP contribution < -0.4 is 0 Å². The highest BCUT2D eigenvalue weighted by molar-refractivity contribution is 5.69. The Morgan fingerprint density at radius 3 is 2.55 bits per heavy atom. The number of nitrogens with zero attached hydrogens (tertiary/aromatic N) is 1. The minimum Gasteiger partial charge on any atom is -0.466 e. The van der Waals surface area contributed by atoms with E-state index in [4.69, 9.17) is 4.74 Å². The van der Waals surface area contributed by atoms with E-state index in [1.807, 2.05) is 37.3 Å². The molecule has 20 heavy (non-hydrogen) atoms. The fourth-order valence-electron chi connectivity index (χ4n) is 2.06. The lowest BCUT2D eigenvalue weighted by Gasteiger charge is -2.21. The average Bonchev–Trinajstić information content (AvgIpc) is 2.48. The van der Waals surface area contributed by atoms with Gasteiger partial charge < -0.3 is 14.7 Å².